The van der Waals surface area contributed by atoms with Crippen molar-refractivity contribution in [3.05, 3.63) is 24.3 Å². The van der Waals surface area contributed by atoms with Gasteiger partial charge in [-0.2, -0.15) is 0 Å². The summed E-state index contributed by atoms with van der Waals surface area (Å²) >= 11 is 0. The number of likely N-dealkylation sites (tertiary alicyclic amines) is 1. The third kappa shape index (κ3) is 4.32. The van der Waals surface area contributed by atoms with Gasteiger partial charge in [-0.05, 0) is 18.6 Å². The van der Waals surface area contributed by atoms with E-state index in [0.29, 0.717) is 19.6 Å². The Morgan fingerprint density at radius 2 is 2.12 bits per heavy atom. The van der Waals surface area contributed by atoms with Gasteiger partial charge in [-0.15, -0.1) is 12.4 Å². The van der Waals surface area contributed by atoms with Crippen molar-refractivity contribution in [3.63, 3.8) is 0 Å². The van der Waals surface area contributed by atoms with E-state index < -0.39 is 12.0 Å². The molecule has 0 amide bonds. The van der Waals surface area contributed by atoms with Crippen LogP contribution in [0.2, 0.25) is 0 Å². The molecule has 3 rings (SSSR count). The third-order valence-electron chi connectivity index (χ3n) is 4.50. The summed E-state index contributed by atoms with van der Waals surface area (Å²) in [5.74, 6) is 0.771. The molecule has 3 atom stereocenters. The first-order valence-electron chi connectivity index (χ1n) is 8.04. The predicted octanol–water partition coefficient (Wildman–Crippen LogP) is 1.49. The van der Waals surface area contributed by atoms with Crippen molar-refractivity contribution in [2.24, 2.45) is 5.92 Å². The number of aliphatic hydroxyl groups excluding tert-OH is 1. The zero-order valence-electron chi connectivity index (χ0n) is 13.7. The Kier molecular flexibility index (Phi) is 6.71. The molecule has 24 heavy (non-hydrogen) atoms. The van der Waals surface area contributed by atoms with Gasteiger partial charge in [-0.25, -0.2) is 0 Å². The number of aliphatic hydroxyl groups is 1. The predicted molar refractivity (Wildman–Crippen MR) is 90.8 cm³/mol. The molecule has 1 saturated heterocycles. The molecule has 1 aromatic rings. The number of esters is 1. The summed E-state index contributed by atoms with van der Waals surface area (Å²) < 4.78 is 16.4. The Bertz CT molecular complexity index is 556. The van der Waals surface area contributed by atoms with E-state index in [2.05, 4.69) is 4.90 Å². The van der Waals surface area contributed by atoms with Crippen molar-refractivity contribution < 1.29 is 24.1 Å². The average molecular weight is 358 g/mol. The molecular formula is C17H24ClNO5. The first kappa shape index (κ1) is 18.8. The molecule has 6 nitrogen and oxygen atoms in total. The van der Waals surface area contributed by atoms with Crippen molar-refractivity contribution in [2.75, 3.05) is 33.4 Å². The normalized spacial score (nSPS) is 26.3. The summed E-state index contributed by atoms with van der Waals surface area (Å²) in [6.45, 7) is 2.64. The lowest BCUT2D eigenvalue weighted by Gasteiger charge is -2.35. The minimum absolute atomic E-state index is 0. The van der Waals surface area contributed by atoms with Crippen LogP contribution in [0.15, 0.2) is 24.3 Å². The van der Waals surface area contributed by atoms with Crippen LogP contribution < -0.4 is 9.47 Å². The van der Waals surface area contributed by atoms with Gasteiger partial charge in [0.15, 0.2) is 11.5 Å². The summed E-state index contributed by atoms with van der Waals surface area (Å²) in [5, 5.41) is 9.94. The lowest BCUT2D eigenvalue weighted by atomic mass is 9.94. The maximum absolute atomic E-state index is 11.7. The molecule has 2 aliphatic heterocycles. The van der Waals surface area contributed by atoms with Gasteiger partial charge in [0, 0.05) is 26.1 Å². The van der Waals surface area contributed by atoms with E-state index in [4.69, 9.17) is 14.2 Å². The second kappa shape index (κ2) is 8.55. The maximum atomic E-state index is 11.7. The third-order valence-corrected chi connectivity index (χ3v) is 4.50. The van der Waals surface area contributed by atoms with Gasteiger partial charge >= 0.3 is 5.97 Å². The Balaban J connectivity index is 0.00000208. The van der Waals surface area contributed by atoms with Crippen LogP contribution in [-0.4, -0.2) is 61.5 Å². The number of carbonyl (C=O) groups is 1. The summed E-state index contributed by atoms with van der Waals surface area (Å²) in [4.78, 5) is 13.9. The molecule has 1 unspecified atom stereocenters. The van der Waals surface area contributed by atoms with Crippen LogP contribution in [-0.2, 0) is 9.53 Å². The number of nitrogens with zero attached hydrogens (tertiary/aromatic N) is 1. The van der Waals surface area contributed by atoms with Crippen LogP contribution in [0.3, 0.4) is 0 Å². The molecule has 1 aromatic carbocycles. The smallest absolute Gasteiger partial charge is 0.312 e. The minimum Gasteiger partial charge on any atom is -0.486 e. The number of methoxy groups -OCH3 is 1. The van der Waals surface area contributed by atoms with Crippen LogP contribution in [0.5, 0.6) is 11.5 Å². The molecular weight excluding hydrogens is 334 g/mol. The summed E-state index contributed by atoms with van der Waals surface area (Å²) in [5.41, 5.74) is 0. The molecule has 7 heteroatoms. The molecule has 1 N–H and O–H groups in total. The number of benzene rings is 1. The molecule has 0 bridgehead atoms. The standard InChI is InChI=1S/C17H23NO5.ClH/c1-21-17(20)13-10-18(9-7-14(13)19)8-6-12-11-22-15-4-2-3-5-16(15)23-12;/h2-5,12-14,19H,6-11H2,1H3;1H/t12?,13-,14+;/m0./s1. The fourth-order valence-corrected chi connectivity index (χ4v) is 3.13. The van der Waals surface area contributed by atoms with Gasteiger partial charge in [-0.1, -0.05) is 12.1 Å². The zero-order valence-corrected chi connectivity index (χ0v) is 14.5. The second-order valence-electron chi connectivity index (χ2n) is 6.07. The highest BCUT2D eigenvalue weighted by Crippen LogP contribution is 2.31. The van der Waals surface area contributed by atoms with Crippen LogP contribution in [0.1, 0.15) is 12.8 Å². The summed E-state index contributed by atoms with van der Waals surface area (Å²) in [7, 11) is 1.36. The lowest BCUT2D eigenvalue weighted by Crippen LogP contribution is -2.48. The number of hydrogen-bond acceptors (Lipinski definition) is 6. The Morgan fingerprint density at radius 1 is 1.38 bits per heavy atom. The van der Waals surface area contributed by atoms with Gasteiger partial charge < -0.3 is 24.2 Å². The number of ether oxygens (including phenoxy) is 3. The monoisotopic (exact) mass is 357 g/mol. The molecule has 0 aromatic heterocycles. The van der Waals surface area contributed by atoms with Crippen molar-refractivity contribution in [3.8, 4) is 11.5 Å². The number of carbonyl (C=O) groups excluding carboxylic acids is 1. The van der Waals surface area contributed by atoms with Crippen molar-refractivity contribution >= 4 is 18.4 Å². The second-order valence-corrected chi connectivity index (χ2v) is 6.07. The number of halogens is 1. The molecule has 0 radical (unpaired) electrons. The summed E-state index contributed by atoms with van der Waals surface area (Å²) in [6.07, 6.45) is 0.802. The summed E-state index contributed by atoms with van der Waals surface area (Å²) in [6, 6.07) is 7.66. The largest absolute Gasteiger partial charge is 0.486 e. The van der Waals surface area contributed by atoms with E-state index >= 15 is 0 Å². The fraction of sp³-hybridized carbons (Fsp3) is 0.588. The molecule has 0 aliphatic carbocycles. The number of rotatable bonds is 4. The SMILES string of the molecule is COC(=O)[C@H]1CN(CCC2COc3ccccc3O2)CC[C@H]1O.Cl. The van der Waals surface area contributed by atoms with Gasteiger partial charge in [0.1, 0.15) is 12.7 Å². The number of para-hydroxylation sites is 2. The van der Waals surface area contributed by atoms with Crippen LogP contribution >= 0.6 is 12.4 Å². The molecule has 0 spiro atoms. The van der Waals surface area contributed by atoms with Crippen LogP contribution in [0, 0.1) is 5.92 Å². The Morgan fingerprint density at radius 3 is 2.88 bits per heavy atom. The first-order valence-corrected chi connectivity index (χ1v) is 8.04. The van der Waals surface area contributed by atoms with Crippen LogP contribution in [0.25, 0.3) is 0 Å². The quantitative estimate of drug-likeness (QED) is 0.823. The van der Waals surface area contributed by atoms with E-state index in [1.807, 2.05) is 24.3 Å². The minimum atomic E-state index is -0.611. The van der Waals surface area contributed by atoms with E-state index in [9.17, 15) is 9.90 Å². The first-order chi connectivity index (χ1) is 11.2. The van der Waals surface area contributed by atoms with Gasteiger partial charge in [0.25, 0.3) is 0 Å². The topological polar surface area (TPSA) is 68.2 Å². The van der Waals surface area contributed by atoms with Gasteiger partial charge in [-0.3, -0.25) is 4.79 Å². The maximum Gasteiger partial charge on any atom is 0.312 e. The zero-order chi connectivity index (χ0) is 16.2. The fourth-order valence-electron chi connectivity index (χ4n) is 3.13. The molecule has 134 valence electrons. The van der Waals surface area contributed by atoms with E-state index in [1.54, 1.807) is 0 Å². The molecule has 2 heterocycles. The highest BCUT2D eigenvalue weighted by Gasteiger charge is 2.34. The average Bonchev–Trinajstić information content (AvgIpc) is 2.60. The molecule has 0 saturated carbocycles. The Labute approximate surface area is 148 Å². The van der Waals surface area contributed by atoms with Gasteiger partial charge in [0.2, 0.25) is 0 Å². The highest BCUT2D eigenvalue weighted by molar-refractivity contribution is 5.85. The highest BCUT2D eigenvalue weighted by atomic mass is 35.5. The van der Waals surface area contributed by atoms with Crippen molar-refractivity contribution in [1.82, 2.24) is 4.90 Å². The van der Waals surface area contributed by atoms with E-state index in [1.165, 1.54) is 7.11 Å². The van der Waals surface area contributed by atoms with Crippen molar-refractivity contribution in [2.45, 2.75) is 25.0 Å². The molecule has 1 fully saturated rings. The number of fused-ring (bicyclic) bond motifs is 1. The Hall–Kier alpha value is -1.50. The van der Waals surface area contributed by atoms with E-state index in [0.717, 1.165) is 31.0 Å². The van der Waals surface area contributed by atoms with Crippen LogP contribution in [0.4, 0.5) is 0 Å². The molecule has 2 aliphatic rings. The van der Waals surface area contributed by atoms with Crippen molar-refractivity contribution in [1.29, 1.82) is 0 Å². The van der Waals surface area contributed by atoms with Gasteiger partial charge in [0.05, 0.1) is 19.1 Å². The van der Waals surface area contributed by atoms with E-state index in [-0.39, 0.29) is 24.5 Å². The number of piperidine rings is 1. The lowest BCUT2D eigenvalue weighted by molar-refractivity contribution is -0.152. The number of hydrogen-bond donors (Lipinski definition) is 1.